The molecular formula is C39H32N6O5S2. The van der Waals surface area contributed by atoms with Crippen molar-refractivity contribution < 1.29 is 24.3 Å². The molecule has 1 saturated heterocycles. The van der Waals surface area contributed by atoms with Gasteiger partial charge in [-0.3, -0.25) is 19.5 Å². The maximum absolute atomic E-state index is 14.1. The van der Waals surface area contributed by atoms with E-state index in [0.717, 1.165) is 39.3 Å². The first kappa shape index (κ1) is 34.4. The molecular weight excluding hydrogens is 697 g/mol. The number of nitrogens with two attached hydrogens (primary N) is 1. The third-order valence-corrected chi connectivity index (χ3v) is 10.7. The maximum atomic E-state index is 14.1. The molecule has 0 spiro atoms. The van der Waals surface area contributed by atoms with Gasteiger partial charge in [0.15, 0.2) is 10.8 Å². The van der Waals surface area contributed by atoms with Crippen LogP contribution in [0.4, 0.5) is 5.13 Å². The molecule has 2 amide bonds. The smallest absolute Gasteiger partial charge is 0.352 e. The molecule has 7 rings (SSSR count). The van der Waals surface area contributed by atoms with E-state index in [9.17, 15) is 19.5 Å². The topological polar surface area (TPSA) is 160 Å². The summed E-state index contributed by atoms with van der Waals surface area (Å²) in [4.78, 5) is 56.6. The van der Waals surface area contributed by atoms with Crippen LogP contribution in [0, 0.1) is 6.92 Å². The number of nitrogens with one attached hydrogen (secondary N) is 1. The van der Waals surface area contributed by atoms with E-state index >= 15 is 0 Å². The number of hydrogen-bond donors (Lipinski definition) is 3. The zero-order valence-corrected chi connectivity index (χ0v) is 29.4. The van der Waals surface area contributed by atoms with Crippen LogP contribution in [-0.2, 0) is 24.8 Å². The second-order valence-electron chi connectivity index (χ2n) is 12.0. The molecule has 0 bridgehead atoms. The molecule has 0 aliphatic carbocycles. The largest absolute Gasteiger partial charge is 0.477 e. The monoisotopic (exact) mass is 728 g/mol. The van der Waals surface area contributed by atoms with Gasteiger partial charge in [0, 0.05) is 39.7 Å². The van der Waals surface area contributed by atoms with Crippen molar-refractivity contribution >= 4 is 57.8 Å². The van der Waals surface area contributed by atoms with E-state index in [1.807, 2.05) is 110 Å². The van der Waals surface area contributed by atoms with Crippen LogP contribution >= 0.6 is 23.1 Å². The molecule has 0 radical (unpaired) electrons. The van der Waals surface area contributed by atoms with E-state index in [1.165, 1.54) is 16.7 Å². The second-order valence-corrected chi connectivity index (χ2v) is 14.0. The third-order valence-electron chi connectivity index (χ3n) is 8.69. The number of carbonyl (C=O) groups excluding carboxylic acids is 2. The van der Waals surface area contributed by atoms with Gasteiger partial charge >= 0.3 is 5.97 Å². The number of benzene rings is 3. The summed E-state index contributed by atoms with van der Waals surface area (Å²) in [6, 6.07) is 31.3. The molecule has 11 nitrogen and oxygen atoms in total. The summed E-state index contributed by atoms with van der Waals surface area (Å²) < 4.78 is 0. The number of aliphatic carboxylic acids is 1. The van der Waals surface area contributed by atoms with Crippen LogP contribution in [0.3, 0.4) is 0 Å². The number of rotatable bonds is 11. The molecule has 2 aliphatic rings. The zero-order valence-electron chi connectivity index (χ0n) is 27.7. The number of carboxylic acids is 1. The van der Waals surface area contributed by atoms with Crippen molar-refractivity contribution in [3.63, 3.8) is 0 Å². The molecule has 4 heterocycles. The minimum absolute atomic E-state index is 0.126. The van der Waals surface area contributed by atoms with Gasteiger partial charge in [-0.1, -0.05) is 114 Å². The van der Waals surface area contributed by atoms with Gasteiger partial charge in [-0.05, 0) is 24.1 Å². The van der Waals surface area contributed by atoms with Crippen LogP contribution in [0.5, 0.6) is 0 Å². The average molecular weight is 729 g/mol. The number of amides is 2. The summed E-state index contributed by atoms with van der Waals surface area (Å²) in [5, 5.41) is 18.6. The van der Waals surface area contributed by atoms with Crippen molar-refractivity contribution in [1.29, 1.82) is 0 Å². The van der Waals surface area contributed by atoms with Gasteiger partial charge in [-0.2, -0.15) is 0 Å². The number of oxime groups is 1. The highest BCUT2D eigenvalue weighted by Crippen LogP contribution is 2.42. The third kappa shape index (κ3) is 6.59. The summed E-state index contributed by atoms with van der Waals surface area (Å²) in [5.74, 6) is -2.22. The number of aromatic nitrogens is 2. The van der Waals surface area contributed by atoms with E-state index in [1.54, 1.807) is 23.7 Å². The number of β-lactam (4-membered cyclic amide) rings is 1. The normalized spacial score (nSPS) is 17.4. The van der Waals surface area contributed by atoms with Crippen molar-refractivity contribution in [2.45, 2.75) is 23.9 Å². The fourth-order valence-corrected chi connectivity index (χ4v) is 8.01. The Labute approximate surface area is 307 Å². The summed E-state index contributed by atoms with van der Waals surface area (Å²) in [5.41, 5.74) is 8.93. The van der Waals surface area contributed by atoms with E-state index < -0.39 is 34.8 Å². The van der Waals surface area contributed by atoms with Crippen molar-refractivity contribution in [2.75, 3.05) is 11.5 Å². The number of anilines is 1. The molecule has 1 fully saturated rings. The summed E-state index contributed by atoms with van der Waals surface area (Å²) in [6.45, 7) is 1.88. The van der Waals surface area contributed by atoms with Crippen LogP contribution in [0.15, 0.2) is 137 Å². The predicted molar refractivity (Wildman–Crippen MR) is 201 cm³/mol. The Morgan fingerprint density at radius 3 is 2.10 bits per heavy atom. The number of thioether (sulfide) groups is 1. The van der Waals surface area contributed by atoms with Gasteiger partial charge in [0.1, 0.15) is 22.8 Å². The number of aryl methyl sites for hydroxylation is 1. The first-order valence-corrected chi connectivity index (χ1v) is 18.2. The molecule has 52 heavy (non-hydrogen) atoms. The summed E-state index contributed by atoms with van der Waals surface area (Å²) >= 11 is 2.48. The quantitative estimate of drug-likeness (QED) is 0.0682. The second kappa shape index (κ2) is 14.7. The van der Waals surface area contributed by atoms with Crippen molar-refractivity contribution in [3.8, 4) is 0 Å². The molecule has 0 saturated carbocycles. The highest BCUT2D eigenvalue weighted by atomic mass is 32.2. The molecule has 2 aliphatic heterocycles. The van der Waals surface area contributed by atoms with E-state index in [0.29, 0.717) is 11.3 Å². The average Bonchev–Trinajstić information content (AvgIpc) is 3.61. The first-order valence-electron chi connectivity index (χ1n) is 16.2. The minimum atomic E-state index is -1.29. The lowest BCUT2D eigenvalue weighted by Gasteiger charge is -2.49. The number of allylic oxidation sites excluding steroid dienone is 1. The molecule has 2 aromatic heterocycles. The Bertz CT molecular complexity index is 2110. The molecule has 4 N–H and O–H groups in total. The lowest BCUT2D eigenvalue weighted by Crippen LogP contribution is -2.71. The summed E-state index contributed by atoms with van der Waals surface area (Å²) in [7, 11) is 0. The van der Waals surface area contributed by atoms with Crippen LogP contribution in [0.2, 0.25) is 0 Å². The molecule has 2 atom stereocenters. The molecule has 5 aromatic rings. The number of carboxylic acid groups (broad SMARTS) is 1. The standard InChI is InChI=1S/C39H32N6O5S2/c1-24-17-18-25(21-41-24)19-20-26-22-51-36-32(35(47)45(36)33(26)37(48)49)43-34(46)31(30-23-52-38(40)42-30)44-50-39(27-11-5-2-6-12-27,28-13-7-3-8-14-28)29-15-9-4-10-16-29/h2-21,23,32,36H,22H2,1H3,(H2,40,42)(H,43,46)(H,48,49)/b20-19-,44-31?/t32-,36+/m1/s1. The van der Waals surface area contributed by atoms with E-state index in [2.05, 4.69) is 20.4 Å². The Hall–Kier alpha value is -6.05. The lowest BCUT2D eigenvalue weighted by atomic mass is 9.80. The van der Waals surface area contributed by atoms with Gasteiger partial charge in [0.25, 0.3) is 11.8 Å². The molecule has 13 heteroatoms. The van der Waals surface area contributed by atoms with Crippen molar-refractivity contribution in [1.82, 2.24) is 20.2 Å². The Kier molecular flexibility index (Phi) is 9.70. The Morgan fingerprint density at radius 2 is 1.58 bits per heavy atom. The number of thiazole rings is 1. The molecule has 0 unspecified atom stereocenters. The number of fused-ring (bicyclic) bond motifs is 1. The fourth-order valence-electron chi connectivity index (χ4n) is 6.15. The van der Waals surface area contributed by atoms with Gasteiger partial charge in [-0.25, -0.2) is 9.78 Å². The number of nitrogen functional groups attached to an aromatic ring is 1. The predicted octanol–water partition coefficient (Wildman–Crippen LogP) is 5.59. The van der Waals surface area contributed by atoms with Crippen LogP contribution < -0.4 is 11.1 Å². The highest BCUT2D eigenvalue weighted by Gasteiger charge is 2.54. The summed E-state index contributed by atoms with van der Waals surface area (Å²) in [6.07, 6.45) is 5.14. The number of carbonyl (C=O) groups is 3. The van der Waals surface area contributed by atoms with Crippen LogP contribution in [0.1, 0.15) is 33.6 Å². The number of pyridine rings is 1. The fraction of sp³-hybridized carbons (Fsp3) is 0.128. The Balaban J connectivity index is 1.21. The van der Waals surface area contributed by atoms with Crippen LogP contribution in [-0.4, -0.2) is 60.6 Å². The van der Waals surface area contributed by atoms with Crippen molar-refractivity contribution in [2.24, 2.45) is 5.16 Å². The lowest BCUT2D eigenvalue weighted by molar-refractivity contribution is -0.150. The van der Waals surface area contributed by atoms with Gasteiger partial charge in [0.05, 0.1) is 0 Å². The molecule has 260 valence electrons. The zero-order chi connectivity index (χ0) is 36.2. The number of hydrogen-bond acceptors (Lipinski definition) is 10. The maximum Gasteiger partial charge on any atom is 0.352 e. The number of nitrogens with zero attached hydrogens (tertiary/aromatic N) is 4. The van der Waals surface area contributed by atoms with Gasteiger partial charge in [0.2, 0.25) is 5.60 Å². The Morgan fingerprint density at radius 1 is 0.962 bits per heavy atom. The SMILES string of the molecule is Cc1ccc(/C=C\C2=C(C(=O)O)N3C(=O)[C@@H](NC(=O)C(=NOC(c4ccccc4)(c4ccccc4)c4ccccc4)c4csc(N)n4)[C@@H]3SC2)cn1. The first-order chi connectivity index (χ1) is 25.3. The van der Waals surface area contributed by atoms with E-state index in [-0.39, 0.29) is 22.2 Å². The minimum Gasteiger partial charge on any atom is -0.477 e. The van der Waals surface area contributed by atoms with Gasteiger partial charge < -0.3 is 21.0 Å². The van der Waals surface area contributed by atoms with Gasteiger partial charge in [-0.15, -0.1) is 23.1 Å². The molecule has 3 aromatic carbocycles. The van der Waals surface area contributed by atoms with Crippen LogP contribution in [0.25, 0.3) is 6.08 Å². The highest BCUT2D eigenvalue weighted by molar-refractivity contribution is 8.00. The van der Waals surface area contributed by atoms with E-state index in [4.69, 9.17) is 10.6 Å². The van der Waals surface area contributed by atoms with Crippen molar-refractivity contribution in [3.05, 3.63) is 166 Å².